The molecule has 0 aliphatic carbocycles. The van der Waals surface area contributed by atoms with E-state index in [9.17, 15) is 13.9 Å². The Labute approximate surface area is 268 Å². The fourth-order valence-corrected chi connectivity index (χ4v) is 9.13. The Hall–Kier alpha value is -3.18. The van der Waals surface area contributed by atoms with Gasteiger partial charge in [-0.05, 0) is 67.4 Å². The standard InChI is InChI=1S/C33H31Cl2F2N5O3/c34-28-21(20-9-19(43)8-16-2-4-22(37)29(35)26(16)20)10-24-27-30(28)44-14-25-23-5-3-18(38-23)13-42(25)31(27)40-32(39-24)45-15-33-6-1-7-41(33)12-17(36)11-33/h2,4,8-10,17-18,23,25,38,43H,1,3,5-7,11-15H2/t17-,18?,23?,25?,33+/m1/s1. The molecule has 4 saturated heterocycles. The van der Waals surface area contributed by atoms with E-state index in [1.54, 1.807) is 6.07 Å². The van der Waals surface area contributed by atoms with Gasteiger partial charge in [-0.3, -0.25) is 4.90 Å². The summed E-state index contributed by atoms with van der Waals surface area (Å²) in [6, 6.07) is 8.49. The van der Waals surface area contributed by atoms with E-state index in [0.717, 1.165) is 38.8 Å². The Balaban J connectivity index is 1.24. The molecule has 5 aliphatic heterocycles. The third kappa shape index (κ3) is 4.28. The zero-order valence-electron chi connectivity index (χ0n) is 24.3. The molecule has 0 amide bonds. The molecule has 8 nitrogen and oxygen atoms in total. The summed E-state index contributed by atoms with van der Waals surface area (Å²) in [6.07, 6.45) is 3.56. The van der Waals surface area contributed by atoms with E-state index in [0.29, 0.717) is 81.6 Å². The molecule has 5 atom stereocenters. The van der Waals surface area contributed by atoms with Gasteiger partial charge in [-0.25, -0.2) is 8.78 Å². The molecule has 2 bridgehead atoms. The van der Waals surface area contributed by atoms with Crippen molar-refractivity contribution in [1.82, 2.24) is 20.2 Å². The Morgan fingerprint density at radius 2 is 1.98 bits per heavy atom. The van der Waals surface area contributed by atoms with Gasteiger partial charge < -0.3 is 24.8 Å². The van der Waals surface area contributed by atoms with Gasteiger partial charge in [0, 0.05) is 42.5 Å². The largest absolute Gasteiger partial charge is 0.508 e. The summed E-state index contributed by atoms with van der Waals surface area (Å²) in [5.41, 5.74) is 1.12. The van der Waals surface area contributed by atoms with Crippen LogP contribution < -0.4 is 19.7 Å². The summed E-state index contributed by atoms with van der Waals surface area (Å²) >= 11 is 13.7. The van der Waals surface area contributed by atoms with Crippen molar-refractivity contribution in [2.24, 2.45) is 0 Å². The molecule has 1 aromatic heterocycles. The SMILES string of the molecule is Oc1cc(-c2cc3nc(OC[C@@]45CCCN4C[C@H](F)C5)nc4c3c(c2Cl)OCC2C3CCC(CN42)N3)c2c(Cl)c(F)ccc2c1. The number of phenolic OH excluding ortho intramolecular Hbond substituents is 1. The summed E-state index contributed by atoms with van der Waals surface area (Å²) in [4.78, 5) is 14.4. The predicted octanol–water partition coefficient (Wildman–Crippen LogP) is 6.26. The van der Waals surface area contributed by atoms with Crippen LogP contribution in [0.5, 0.6) is 17.5 Å². The lowest BCUT2D eigenvalue weighted by molar-refractivity contribution is 0.107. The first kappa shape index (κ1) is 28.1. The molecule has 234 valence electrons. The molecule has 12 heteroatoms. The van der Waals surface area contributed by atoms with Crippen molar-refractivity contribution in [3.05, 3.63) is 46.2 Å². The highest BCUT2D eigenvalue weighted by molar-refractivity contribution is 6.39. The molecule has 6 heterocycles. The molecule has 4 fully saturated rings. The highest BCUT2D eigenvalue weighted by atomic mass is 35.5. The minimum absolute atomic E-state index is 0.0119. The van der Waals surface area contributed by atoms with Crippen LogP contribution in [0.25, 0.3) is 32.8 Å². The Morgan fingerprint density at radius 1 is 1.09 bits per heavy atom. The molecule has 0 saturated carbocycles. The molecule has 3 aromatic carbocycles. The molecular weight excluding hydrogens is 623 g/mol. The number of aromatic nitrogens is 2. The van der Waals surface area contributed by atoms with Gasteiger partial charge in [0.25, 0.3) is 0 Å². The average molecular weight is 655 g/mol. The predicted molar refractivity (Wildman–Crippen MR) is 169 cm³/mol. The third-order valence-corrected chi connectivity index (χ3v) is 11.3. The first-order valence-electron chi connectivity index (χ1n) is 15.6. The number of benzene rings is 3. The summed E-state index contributed by atoms with van der Waals surface area (Å²) in [5.74, 6) is 0.527. The topological polar surface area (TPSA) is 83.0 Å². The van der Waals surface area contributed by atoms with E-state index in [1.165, 1.54) is 18.2 Å². The summed E-state index contributed by atoms with van der Waals surface area (Å²) in [6.45, 7) is 2.72. The van der Waals surface area contributed by atoms with Crippen LogP contribution in [0.1, 0.15) is 32.1 Å². The van der Waals surface area contributed by atoms with E-state index < -0.39 is 12.0 Å². The number of fused-ring (bicyclic) bond motifs is 7. The van der Waals surface area contributed by atoms with Gasteiger partial charge in [0.1, 0.15) is 36.8 Å². The minimum Gasteiger partial charge on any atom is -0.508 e. The molecule has 45 heavy (non-hydrogen) atoms. The van der Waals surface area contributed by atoms with Crippen LogP contribution in [-0.2, 0) is 0 Å². The quantitative estimate of drug-likeness (QED) is 0.267. The van der Waals surface area contributed by atoms with Crippen LogP contribution in [0, 0.1) is 5.82 Å². The van der Waals surface area contributed by atoms with Gasteiger partial charge in [0.2, 0.25) is 0 Å². The van der Waals surface area contributed by atoms with Crippen molar-refractivity contribution in [2.45, 2.75) is 61.9 Å². The second kappa shape index (κ2) is 10.2. The number of ether oxygens (including phenoxy) is 2. The average Bonchev–Trinajstić information content (AvgIpc) is 3.65. The molecule has 0 spiro atoms. The Kier molecular flexibility index (Phi) is 6.34. The van der Waals surface area contributed by atoms with Crippen LogP contribution in [0.15, 0.2) is 30.3 Å². The first-order valence-corrected chi connectivity index (χ1v) is 16.4. The van der Waals surface area contributed by atoms with Crippen LogP contribution in [0.3, 0.4) is 0 Å². The van der Waals surface area contributed by atoms with E-state index >= 15 is 0 Å². The lowest BCUT2D eigenvalue weighted by Crippen LogP contribution is -2.60. The molecule has 5 aliphatic rings. The van der Waals surface area contributed by atoms with E-state index in [1.807, 2.05) is 6.07 Å². The van der Waals surface area contributed by atoms with Crippen molar-refractivity contribution >= 4 is 50.7 Å². The number of alkyl halides is 1. The fourth-order valence-electron chi connectivity index (χ4n) is 8.55. The summed E-state index contributed by atoms with van der Waals surface area (Å²) in [7, 11) is 0. The monoisotopic (exact) mass is 653 g/mol. The van der Waals surface area contributed by atoms with Gasteiger partial charge in [0.15, 0.2) is 5.75 Å². The number of hydrogen-bond donors (Lipinski definition) is 2. The Bertz CT molecular complexity index is 1900. The number of phenols is 1. The maximum Gasteiger partial charge on any atom is 0.319 e. The van der Waals surface area contributed by atoms with Crippen LogP contribution >= 0.6 is 23.2 Å². The molecular formula is C33H31Cl2F2N5O3. The lowest BCUT2D eigenvalue weighted by atomic mass is 9.95. The number of rotatable bonds is 4. The van der Waals surface area contributed by atoms with Crippen LogP contribution in [0.2, 0.25) is 10.0 Å². The van der Waals surface area contributed by atoms with E-state index in [-0.39, 0.29) is 34.4 Å². The third-order valence-electron chi connectivity index (χ3n) is 10.6. The van der Waals surface area contributed by atoms with Gasteiger partial charge in [-0.1, -0.05) is 29.3 Å². The maximum atomic E-state index is 14.8. The van der Waals surface area contributed by atoms with E-state index in [2.05, 4.69) is 15.1 Å². The number of nitrogens with one attached hydrogen (secondary N) is 1. The van der Waals surface area contributed by atoms with Crippen LogP contribution in [-0.4, -0.2) is 82.7 Å². The molecule has 2 N–H and O–H groups in total. The van der Waals surface area contributed by atoms with Crippen LogP contribution in [0.4, 0.5) is 14.6 Å². The zero-order valence-corrected chi connectivity index (χ0v) is 25.8. The summed E-state index contributed by atoms with van der Waals surface area (Å²) < 4.78 is 42.2. The van der Waals surface area contributed by atoms with Crippen molar-refractivity contribution in [3.8, 4) is 28.6 Å². The number of anilines is 1. The molecule has 3 unspecified atom stereocenters. The smallest absolute Gasteiger partial charge is 0.319 e. The summed E-state index contributed by atoms with van der Waals surface area (Å²) in [5, 5.41) is 16.3. The fraction of sp³-hybridized carbons (Fsp3) is 0.455. The highest BCUT2D eigenvalue weighted by Crippen LogP contribution is 2.50. The number of nitrogens with zero attached hydrogens (tertiary/aromatic N) is 4. The Morgan fingerprint density at radius 3 is 2.87 bits per heavy atom. The number of piperazine rings is 1. The molecule has 0 radical (unpaired) electrons. The van der Waals surface area contributed by atoms with Gasteiger partial charge in [-0.15, -0.1) is 0 Å². The van der Waals surface area contributed by atoms with E-state index in [4.69, 9.17) is 42.6 Å². The second-order valence-electron chi connectivity index (χ2n) is 13.2. The zero-order chi connectivity index (χ0) is 30.6. The highest BCUT2D eigenvalue weighted by Gasteiger charge is 2.50. The maximum absolute atomic E-state index is 14.8. The molecule has 4 aromatic rings. The van der Waals surface area contributed by atoms with Gasteiger partial charge >= 0.3 is 6.01 Å². The first-order chi connectivity index (χ1) is 21.8. The number of aromatic hydroxyl groups is 1. The normalized spacial score (nSPS) is 28.8. The number of halogens is 4. The van der Waals surface area contributed by atoms with Crippen molar-refractivity contribution in [3.63, 3.8) is 0 Å². The lowest BCUT2D eigenvalue weighted by Gasteiger charge is -2.40. The van der Waals surface area contributed by atoms with Crippen molar-refractivity contribution < 1.29 is 23.4 Å². The minimum atomic E-state index is -0.869. The second-order valence-corrected chi connectivity index (χ2v) is 13.9. The number of hydrogen-bond acceptors (Lipinski definition) is 8. The van der Waals surface area contributed by atoms with Crippen molar-refractivity contribution in [2.75, 3.05) is 37.7 Å². The van der Waals surface area contributed by atoms with Crippen molar-refractivity contribution in [1.29, 1.82) is 0 Å². The van der Waals surface area contributed by atoms with Gasteiger partial charge in [0.05, 0.1) is 32.5 Å². The van der Waals surface area contributed by atoms with Gasteiger partial charge in [-0.2, -0.15) is 9.97 Å². The molecule has 9 rings (SSSR count).